The normalized spacial score (nSPS) is 36.0. The Morgan fingerprint density at radius 3 is 2.04 bits per heavy atom. The van der Waals surface area contributed by atoms with Crippen molar-refractivity contribution in [3.05, 3.63) is 0 Å². The molecule has 4 rings (SSSR count). The molecule has 4 saturated heterocycles. The summed E-state index contributed by atoms with van der Waals surface area (Å²) in [6.07, 6.45) is 1.40. The second-order valence-electron chi connectivity index (χ2n) is 8.74. The Bertz CT molecular complexity index is 420. The zero-order chi connectivity index (χ0) is 16.7. The highest BCUT2D eigenvalue weighted by Gasteiger charge is 2.40. The molecule has 4 fully saturated rings. The van der Waals surface area contributed by atoms with Gasteiger partial charge in [0.05, 0.1) is 19.3 Å². The van der Waals surface area contributed by atoms with E-state index >= 15 is 0 Å². The highest BCUT2D eigenvalue weighted by molar-refractivity contribution is 4.96. The van der Waals surface area contributed by atoms with Crippen molar-refractivity contribution in [1.82, 2.24) is 19.6 Å². The van der Waals surface area contributed by atoms with Crippen molar-refractivity contribution in [2.45, 2.75) is 51.4 Å². The molecule has 4 aliphatic rings. The Balaban J connectivity index is 1.27. The van der Waals surface area contributed by atoms with Crippen LogP contribution < -0.4 is 0 Å². The van der Waals surface area contributed by atoms with Crippen molar-refractivity contribution in [3.63, 3.8) is 0 Å². The maximum atomic E-state index is 5.36. The van der Waals surface area contributed by atoms with Crippen LogP contribution in [0.2, 0.25) is 0 Å². The van der Waals surface area contributed by atoms with Gasteiger partial charge in [-0.2, -0.15) is 0 Å². The Kier molecular flexibility index (Phi) is 5.17. The molecular formula is C19H36N4O. The van der Waals surface area contributed by atoms with Gasteiger partial charge in [-0.05, 0) is 33.1 Å². The Morgan fingerprint density at radius 1 is 0.750 bits per heavy atom. The van der Waals surface area contributed by atoms with Gasteiger partial charge < -0.3 is 4.74 Å². The highest BCUT2D eigenvalue weighted by Crippen LogP contribution is 2.31. The van der Waals surface area contributed by atoms with Gasteiger partial charge in [0.1, 0.15) is 0 Å². The topological polar surface area (TPSA) is 22.2 Å². The molecule has 138 valence electrons. The lowest BCUT2D eigenvalue weighted by Crippen LogP contribution is -2.58. The van der Waals surface area contributed by atoms with Crippen LogP contribution in [-0.4, -0.2) is 109 Å². The van der Waals surface area contributed by atoms with Crippen molar-refractivity contribution in [2.75, 3.05) is 65.6 Å². The van der Waals surface area contributed by atoms with Gasteiger partial charge >= 0.3 is 0 Å². The van der Waals surface area contributed by atoms with Crippen LogP contribution in [0.3, 0.4) is 0 Å². The van der Waals surface area contributed by atoms with Gasteiger partial charge in [0.25, 0.3) is 0 Å². The zero-order valence-electron chi connectivity index (χ0n) is 15.9. The standard InChI is InChI=1S/C19H36N4O/c1-15(2)22-8-9-23-11-17(10-18(23)12-22)16(3)20-4-6-21(7-5-20)19-13-24-14-19/h15-19H,4-14H2,1-3H3/t16-,17-,18?/m1/s1. The van der Waals surface area contributed by atoms with Gasteiger partial charge in [-0.15, -0.1) is 0 Å². The number of piperazine rings is 2. The minimum Gasteiger partial charge on any atom is -0.378 e. The second-order valence-corrected chi connectivity index (χ2v) is 8.74. The van der Waals surface area contributed by atoms with E-state index in [-0.39, 0.29) is 0 Å². The number of fused-ring (bicyclic) bond motifs is 1. The summed E-state index contributed by atoms with van der Waals surface area (Å²) < 4.78 is 5.36. The van der Waals surface area contributed by atoms with Crippen LogP contribution in [0.4, 0.5) is 0 Å². The molecule has 4 aliphatic heterocycles. The van der Waals surface area contributed by atoms with Crippen molar-refractivity contribution in [3.8, 4) is 0 Å². The third-order valence-electron chi connectivity index (χ3n) is 7.15. The van der Waals surface area contributed by atoms with Crippen LogP contribution in [0.5, 0.6) is 0 Å². The largest absolute Gasteiger partial charge is 0.378 e. The molecule has 24 heavy (non-hydrogen) atoms. The maximum absolute atomic E-state index is 5.36. The fourth-order valence-electron chi connectivity index (χ4n) is 5.17. The van der Waals surface area contributed by atoms with Crippen molar-refractivity contribution >= 4 is 0 Å². The first kappa shape index (κ1) is 17.2. The fraction of sp³-hybridized carbons (Fsp3) is 1.00. The summed E-state index contributed by atoms with van der Waals surface area (Å²) in [5.74, 6) is 0.862. The summed E-state index contributed by atoms with van der Waals surface area (Å²) in [5.41, 5.74) is 0. The molecule has 0 amide bonds. The van der Waals surface area contributed by atoms with Crippen LogP contribution >= 0.6 is 0 Å². The van der Waals surface area contributed by atoms with Gasteiger partial charge in [-0.3, -0.25) is 19.6 Å². The third kappa shape index (κ3) is 3.38. The summed E-state index contributed by atoms with van der Waals surface area (Å²) in [5, 5.41) is 0. The number of hydrogen-bond donors (Lipinski definition) is 0. The van der Waals surface area contributed by atoms with E-state index in [4.69, 9.17) is 4.74 Å². The third-order valence-corrected chi connectivity index (χ3v) is 7.15. The minimum absolute atomic E-state index is 0.701. The Morgan fingerprint density at radius 2 is 1.42 bits per heavy atom. The van der Waals surface area contributed by atoms with E-state index in [1.54, 1.807) is 0 Å². The van der Waals surface area contributed by atoms with E-state index in [0.717, 1.165) is 31.2 Å². The average Bonchev–Trinajstić information content (AvgIpc) is 2.96. The van der Waals surface area contributed by atoms with E-state index in [1.807, 2.05) is 0 Å². The van der Waals surface area contributed by atoms with Gasteiger partial charge in [-0.25, -0.2) is 0 Å². The smallest absolute Gasteiger partial charge is 0.0645 e. The van der Waals surface area contributed by atoms with Crippen LogP contribution in [-0.2, 0) is 4.74 Å². The van der Waals surface area contributed by atoms with Crippen molar-refractivity contribution < 1.29 is 4.74 Å². The van der Waals surface area contributed by atoms with E-state index in [1.165, 1.54) is 58.8 Å². The molecule has 3 atom stereocenters. The van der Waals surface area contributed by atoms with E-state index in [9.17, 15) is 0 Å². The number of nitrogens with zero attached hydrogens (tertiary/aromatic N) is 4. The molecule has 5 heteroatoms. The number of hydrogen-bond acceptors (Lipinski definition) is 5. The van der Waals surface area contributed by atoms with Crippen molar-refractivity contribution in [2.24, 2.45) is 5.92 Å². The van der Waals surface area contributed by atoms with Crippen LogP contribution in [0.25, 0.3) is 0 Å². The van der Waals surface area contributed by atoms with Crippen molar-refractivity contribution in [1.29, 1.82) is 0 Å². The second kappa shape index (κ2) is 7.20. The first-order chi connectivity index (χ1) is 11.6. The first-order valence-corrected chi connectivity index (χ1v) is 10.2. The molecule has 4 heterocycles. The Hall–Kier alpha value is -0.200. The molecule has 0 N–H and O–H groups in total. The van der Waals surface area contributed by atoms with Crippen LogP contribution in [0, 0.1) is 5.92 Å². The van der Waals surface area contributed by atoms with Gasteiger partial charge in [-0.1, -0.05) is 0 Å². The molecule has 0 saturated carbocycles. The quantitative estimate of drug-likeness (QED) is 0.755. The predicted octanol–water partition coefficient (Wildman–Crippen LogP) is 0.806. The van der Waals surface area contributed by atoms with Crippen LogP contribution in [0.1, 0.15) is 27.2 Å². The summed E-state index contributed by atoms with van der Waals surface area (Å²) in [7, 11) is 0. The zero-order valence-corrected chi connectivity index (χ0v) is 15.9. The highest BCUT2D eigenvalue weighted by atomic mass is 16.5. The molecule has 0 aromatic heterocycles. The van der Waals surface area contributed by atoms with Gasteiger partial charge in [0, 0.05) is 70.5 Å². The van der Waals surface area contributed by atoms with E-state index in [2.05, 4.69) is 40.4 Å². The van der Waals surface area contributed by atoms with Gasteiger partial charge in [0.15, 0.2) is 0 Å². The molecule has 0 aliphatic carbocycles. The van der Waals surface area contributed by atoms with E-state index in [0.29, 0.717) is 12.1 Å². The summed E-state index contributed by atoms with van der Waals surface area (Å²) in [6.45, 7) is 19.2. The first-order valence-electron chi connectivity index (χ1n) is 10.2. The lowest BCUT2D eigenvalue weighted by atomic mass is 9.95. The molecule has 0 aromatic carbocycles. The average molecular weight is 337 g/mol. The summed E-state index contributed by atoms with van der Waals surface area (Å²) in [4.78, 5) is 10.9. The molecule has 0 radical (unpaired) electrons. The lowest BCUT2D eigenvalue weighted by molar-refractivity contribution is -0.0807. The SMILES string of the molecule is CC(C)N1CCN2C[C@H]([C@@H](C)N3CCN(C4COC4)CC3)CC2C1. The lowest BCUT2D eigenvalue weighted by Gasteiger charge is -2.45. The molecule has 1 unspecified atom stereocenters. The monoisotopic (exact) mass is 336 g/mol. The van der Waals surface area contributed by atoms with Crippen LogP contribution in [0.15, 0.2) is 0 Å². The number of ether oxygens (including phenoxy) is 1. The van der Waals surface area contributed by atoms with E-state index < -0.39 is 0 Å². The maximum Gasteiger partial charge on any atom is 0.0645 e. The Labute approximate surface area is 147 Å². The molecule has 0 bridgehead atoms. The molecule has 0 aromatic rings. The fourth-order valence-corrected chi connectivity index (χ4v) is 5.17. The molecule has 0 spiro atoms. The molecular weight excluding hydrogens is 300 g/mol. The predicted molar refractivity (Wildman–Crippen MR) is 97.4 cm³/mol. The summed E-state index contributed by atoms with van der Waals surface area (Å²) in [6, 6.07) is 2.96. The summed E-state index contributed by atoms with van der Waals surface area (Å²) >= 11 is 0. The number of rotatable bonds is 4. The minimum atomic E-state index is 0.701. The molecule has 5 nitrogen and oxygen atoms in total. The van der Waals surface area contributed by atoms with Gasteiger partial charge in [0.2, 0.25) is 0 Å².